The molecule has 1 aromatic heterocycles. The summed E-state index contributed by atoms with van der Waals surface area (Å²) in [6.07, 6.45) is -5.56. The van der Waals surface area contributed by atoms with Gasteiger partial charge in [-0.1, -0.05) is 0 Å². The van der Waals surface area contributed by atoms with Crippen molar-refractivity contribution in [3.8, 4) is 0 Å². The first-order valence-corrected chi connectivity index (χ1v) is 5.24. The molecule has 0 fully saturated rings. The second-order valence-electron chi connectivity index (χ2n) is 3.90. The number of carboxylic acid groups (broad SMARTS) is 1. The van der Waals surface area contributed by atoms with E-state index < -0.39 is 36.6 Å². The van der Waals surface area contributed by atoms with Crippen molar-refractivity contribution in [2.45, 2.75) is 19.1 Å². The van der Waals surface area contributed by atoms with Gasteiger partial charge in [-0.05, 0) is 18.2 Å². The van der Waals surface area contributed by atoms with Crippen molar-refractivity contribution in [1.29, 1.82) is 0 Å². The van der Waals surface area contributed by atoms with Crippen LogP contribution in [0.2, 0.25) is 0 Å². The number of rotatable bonds is 3. The van der Waals surface area contributed by atoms with E-state index in [0.717, 1.165) is 16.8 Å². The number of hydrogen-bond donors (Lipinski definition) is 1. The van der Waals surface area contributed by atoms with Crippen molar-refractivity contribution in [3.63, 3.8) is 0 Å². The second kappa shape index (κ2) is 4.52. The SMILES string of the molecule is O=C(O)c1nn(CCC(F)(F)F)c2cc(F)ccc12. The minimum atomic E-state index is -4.39. The van der Waals surface area contributed by atoms with Crippen LogP contribution in [0.15, 0.2) is 18.2 Å². The van der Waals surface area contributed by atoms with Gasteiger partial charge in [-0.2, -0.15) is 18.3 Å². The number of nitrogens with zero attached hydrogens (tertiary/aromatic N) is 2. The summed E-state index contributed by atoms with van der Waals surface area (Å²) in [4.78, 5) is 10.9. The molecule has 0 aliphatic carbocycles. The summed E-state index contributed by atoms with van der Waals surface area (Å²) >= 11 is 0. The summed E-state index contributed by atoms with van der Waals surface area (Å²) in [6, 6.07) is 3.18. The van der Waals surface area contributed by atoms with Crippen molar-refractivity contribution < 1.29 is 27.5 Å². The van der Waals surface area contributed by atoms with Crippen LogP contribution in [0.1, 0.15) is 16.9 Å². The molecule has 2 aromatic rings. The summed E-state index contributed by atoms with van der Waals surface area (Å²) in [5, 5.41) is 12.6. The largest absolute Gasteiger partial charge is 0.476 e. The van der Waals surface area contributed by atoms with Gasteiger partial charge in [-0.3, -0.25) is 4.68 Å². The summed E-state index contributed by atoms with van der Waals surface area (Å²) in [7, 11) is 0. The highest BCUT2D eigenvalue weighted by atomic mass is 19.4. The maximum Gasteiger partial charge on any atom is 0.390 e. The average molecular weight is 276 g/mol. The van der Waals surface area contributed by atoms with Gasteiger partial charge < -0.3 is 5.11 Å². The summed E-state index contributed by atoms with van der Waals surface area (Å²) in [6.45, 7) is -0.559. The van der Waals surface area contributed by atoms with Gasteiger partial charge in [0.2, 0.25) is 0 Å². The predicted molar refractivity (Wildman–Crippen MR) is 57.3 cm³/mol. The number of aromatic nitrogens is 2. The molecule has 0 bridgehead atoms. The number of alkyl halides is 3. The third kappa shape index (κ3) is 2.83. The van der Waals surface area contributed by atoms with Crippen LogP contribution in [0.5, 0.6) is 0 Å². The zero-order valence-corrected chi connectivity index (χ0v) is 9.41. The van der Waals surface area contributed by atoms with E-state index in [1.54, 1.807) is 0 Å². The van der Waals surface area contributed by atoms with E-state index in [-0.39, 0.29) is 10.9 Å². The third-order valence-corrected chi connectivity index (χ3v) is 2.52. The summed E-state index contributed by atoms with van der Waals surface area (Å²) in [5.41, 5.74) is -0.362. The minimum absolute atomic E-state index is 0.0293. The Labute approximate surface area is 104 Å². The minimum Gasteiger partial charge on any atom is -0.476 e. The van der Waals surface area contributed by atoms with E-state index in [2.05, 4.69) is 5.10 Å². The molecule has 1 N–H and O–H groups in total. The van der Waals surface area contributed by atoms with Gasteiger partial charge in [0.25, 0.3) is 0 Å². The third-order valence-electron chi connectivity index (χ3n) is 2.52. The molecule has 19 heavy (non-hydrogen) atoms. The Balaban J connectivity index is 2.48. The highest BCUT2D eigenvalue weighted by molar-refractivity contribution is 6.01. The lowest BCUT2D eigenvalue weighted by molar-refractivity contribution is -0.137. The van der Waals surface area contributed by atoms with Gasteiger partial charge in [0.05, 0.1) is 18.5 Å². The molecule has 0 saturated heterocycles. The molecule has 0 spiro atoms. The van der Waals surface area contributed by atoms with E-state index in [4.69, 9.17) is 5.11 Å². The van der Waals surface area contributed by atoms with E-state index in [1.165, 1.54) is 6.07 Å². The first-order chi connectivity index (χ1) is 8.78. The molecular formula is C11H8F4N2O2. The number of carboxylic acids is 1. The Bertz CT molecular complexity index is 633. The lowest BCUT2D eigenvalue weighted by atomic mass is 10.2. The maximum absolute atomic E-state index is 13.1. The number of hydrogen-bond acceptors (Lipinski definition) is 2. The van der Waals surface area contributed by atoms with Crippen molar-refractivity contribution >= 4 is 16.9 Å². The van der Waals surface area contributed by atoms with Crippen molar-refractivity contribution in [2.24, 2.45) is 0 Å². The Morgan fingerprint density at radius 3 is 2.63 bits per heavy atom. The fraction of sp³-hybridized carbons (Fsp3) is 0.273. The van der Waals surface area contributed by atoms with Gasteiger partial charge in [0, 0.05) is 5.39 Å². The maximum atomic E-state index is 13.1. The van der Waals surface area contributed by atoms with E-state index >= 15 is 0 Å². The molecule has 1 aromatic carbocycles. The molecule has 2 rings (SSSR count). The van der Waals surface area contributed by atoms with Crippen LogP contribution in [-0.2, 0) is 6.54 Å². The van der Waals surface area contributed by atoms with Crippen LogP contribution in [0.3, 0.4) is 0 Å². The summed E-state index contributed by atoms with van der Waals surface area (Å²) in [5.74, 6) is -2.04. The molecule has 0 radical (unpaired) electrons. The number of fused-ring (bicyclic) bond motifs is 1. The normalized spacial score (nSPS) is 12.0. The van der Waals surface area contributed by atoms with Crippen LogP contribution in [0.4, 0.5) is 17.6 Å². The molecule has 0 atom stereocenters. The molecule has 102 valence electrons. The zero-order chi connectivity index (χ0) is 14.2. The second-order valence-corrected chi connectivity index (χ2v) is 3.90. The van der Waals surface area contributed by atoms with Gasteiger partial charge in [-0.15, -0.1) is 0 Å². The zero-order valence-electron chi connectivity index (χ0n) is 9.41. The number of benzene rings is 1. The highest BCUT2D eigenvalue weighted by Gasteiger charge is 2.28. The van der Waals surface area contributed by atoms with E-state index in [1.807, 2.05) is 0 Å². The van der Waals surface area contributed by atoms with Crippen LogP contribution in [0, 0.1) is 5.82 Å². The predicted octanol–water partition coefficient (Wildman–Crippen LogP) is 2.83. The lowest BCUT2D eigenvalue weighted by Crippen LogP contribution is -2.13. The van der Waals surface area contributed by atoms with Gasteiger partial charge in [-0.25, -0.2) is 9.18 Å². The van der Waals surface area contributed by atoms with Gasteiger partial charge in [0.1, 0.15) is 5.82 Å². The molecule has 0 amide bonds. The fourth-order valence-electron chi connectivity index (χ4n) is 1.71. The number of aryl methyl sites for hydroxylation is 1. The molecule has 8 heteroatoms. The topological polar surface area (TPSA) is 55.1 Å². The van der Waals surface area contributed by atoms with Crippen molar-refractivity contribution in [3.05, 3.63) is 29.7 Å². The Hall–Kier alpha value is -2.12. The standard InChI is InChI=1S/C11H8F4N2O2/c12-6-1-2-7-8(5-6)17(4-3-11(13,14)15)16-9(7)10(18)19/h1-2,5H,3-4H2,(H,18,19). The van der Waals surface area contributed by atoms with E-state index in [0.29, 0.717) is 0 Å². The summed E-state index contributed by atoms with van der Waals surface area (Å²) < 4.78 is 50.4. The number of carbonyl (C=O) groups is 1. The van der Waals surface area contributed by atoms with E-state index in [9.17, 15) is 22.4 Å². The molecular weight excluding hydrogens is 268 g/mol. The highest BCUT2D eigenvalue weighted by Crippen LogP contribution is 2.24. The monoisotopic (exact) mass is 276 g/mol. The Kier molecular flexibility index (Phi) is 3.17. The molecule has 0 aliphatic rings. The lowest BCUT2D eigenvalue weighted by Gasteiger charge is -2.06. The number of halogens is 4. The molecule has 4 nitrogen and oxygen atoms in total. The molecule has 0 unspecified atom stereocenters. The smallest absolute Gasteiger partial charge is 0.390 e. The quantitative estimate of drug-likeness (QED) is 0.877. The van der Waals surface area contributed by atoms with Crippen molar-refractivity contribution in [1.82, 2.24) is 9.78 Å². The van der Waals surface area contributed by atoms with Gasteiger partial charge >= 0.3 is 12.1 Å². The van der Waals surface area contributed by atoms with Crippen LogP contribution in [-0.4, -0.2) is 27.0 Å². The van der Waals surface area contributed by atoms with Crippen LogP contribution in [0.25, 0.3) is 10.9 Å². The van der Waals surface area contributed by atoms with Gasteiger partial charge in [0.15, 0.2) is 5.69 Å². The molecule has 1 heterocycles. The Morgan fingerprint density at radius 1 is 1.37 bits per heavy atom. The first-order valence-electron chi connectivity index (χ1n) is 5.24. The first kappa shape index (κ1) is 13.3. The Morgan fingerprint density at radius 2 is 2.05 bits per heavy atom. The molecule has 0 aliphatic heterocycles. The average Bonchev–Trinajstić information content (AvgIpc) is 2.63. The van der Waals surface area contributed by atoms with Crippen molar-refractivity contribution in [2.75, 3.05) is 0 Å². The van der Waals surface area contributed by atoms with Crippen LogP contribution >= 0.6 is 0 Å². The number of aromatic carboxylic acids is 1. The van der Waals surface area contributed by atoms with Crippen LogP contribution < -0.4 is 0 Å². The fourth-order valence-corrected chi connectivity index (χ4v) is 1.71. The molecule has 0 saturated carbocycles.